The lowest BCUT2D eigenvalue weighted by Crippen LogP contribution is -1.98. The van der Waals surface area contributed by atoms with Gasteiger partial charge in [0.1, 0.15) is 0 Å². The van der Waals surface area contributed by atoms with Gasteiger partial charge in [-0.05, 0) is 5.75 Å². The Hall–Kier alpha value is 0.300. The second-order valence-electron chi connectivity index (χ2n) is 1.54. The van der Waals surface area contributed by atoms with E-state index in [1.807, 2.05) is 6.92 Å². The third-order valence-corrected chi connectivity index (χ3v) is 3.29. The highest BCUT2D eigenvalue weighted by Crippen LogP contribution is 2.01. The number of hydrogen-bond acceptors (Lipinski definition) is 3. The maximum atomic E-state index is 10.4. The van der Waals surface area contributed by atoms with Crippen LogP contribution in [0, 0.1) is 0 Å². The zero-order valence-electron chi connectivity index (χ0n) is 5.05. The minimum absolute atomic E-state index is 0.253. The Morgan fingerprint density at radius 2 is 2.00 bits per heavy atom. The van der Waals surface area contributed by atoms with Crippen molar-refractivity contribution in [2.75, 3.05) is 17.1 Å². The molecule has 0 spiro atoms. The minimum atomic E-state index is -2.72. The summed E-state index contributed by atoms with van der Waals surface area (Å²) in [5, 5.41) is 0.253. The Labute approximate surface area is 54.6 Å². The van der Waals surface area contributed by atoms with Gasteiger partial charge in [0.15, 0.2) is 9.84 Å². The van der Waals surface area contributed by atoms with E-state index in [1.165, 1.54) is 18.0 Å². The van der Waals surface area contributed by atoms with E-state index in [0.29, 0.717) is 0 Å². The van der Waals surface area contributed by atoms with Crippen molar-refractivity contribution >= 4 is 21.6 Å². The molecular formula is C4H10O2S2. The van der Waals surface area contributed by atoms with Crippen molar-refractivity contribution in [1.29, 1.82) is 0 Å². The van der Waals surface area contributed by atoms with Crippen LogP contribution < -0.4 is 0 Å². The van der Waals surface area contributed by atoms with Gasteiger partial charge in [0.2, 0.25) is 0 Å². The molecule has 0 aliphatic heterocycles. The molecule has 0 amide bonds. The first-order valence-electron chi connectivity index (χ1n) is 2.31. The Morgan fingerprint density at radius 1 is 1.50 bits per heavy atom. The lowest BCUT2D eigenvalue weighted by atomic mass is 11.0. The quantitative estimate of drug-likeness (QED) is 0.601. The molecule has 0 saturated carbocycles. The van der Waals surface area contributed by atoms with Crippen LogP contribution in [0.1, 0.15) is 6.92 Å². The molecule has 8 heavy (non-hydrogen) atoms. The number of hydrogen-bond donors (Lipinski definition) is 0. The lowest BCUT2D eigenvalue weighted by Gasteiger charge is -1.91. The summed E-state index contributed by atoms with van der Waals surface area (Å²) in [4.78, 5) is 0. The fourth-order valence-electron chi connectivity index (χ4n) is 0.235. The fraction of sp³-hybridized carbons (Fsp3) is 1.00. The zero-order chi connectivity index (χ0) is 6.62. The van der Waals surface area contributed by atoms with E-state index in [1.54, 1.807) is 0 Å². The molecule has 0 rings (SSSR count). The highest BCUT2D eigenvalue weighted by Gasteiger charge is 1.98. The second-order valence-corrected chi connectivity index (χ2v) is 5.32. The van der Waals surface area contributed by atoms with E-state index < -0.39 is 9.84 Å². The van der Waals surface area contributed by atoms with Crippen LogP contribution in [0.2, 0.25) is 0 Å². The van der Waals surface area contributed by atoms with Crippen molar-refractivity contribution in [3.63, 3.8) is 0 Å². The molecule has 0 atom stereocenters. The Bertz CT molecular complexity index is 136. The lowest BCUT2D eigenvalue weighted by molar-refractivity contribution is 0.606. The van der Waals surface area contributed by atoms with E-state index in [4.69, 9.17) is 0 Å². The van der Waals surface area contributed by atoms with Crippen molar-refractivity contribution < 1.29 is 8.42 Å². The van der Waals surface area contributed by atoms with Crippen LogP contribution in [0.3, 0.4) is 0 Å². The van der Waals surface area contributed by atoms with Crippen molar-refractivity contribution in [3.05, 3.63) is 0 Å². The summed E-state index contributed by atoms with van der Waals surface area (Å²) in [5.41, 5.74) is 0. The summed E-state index contributed by atoms with van der Waals surface area (Å²) in [6.45, 7) is 1.94. The largest absolute Gasteiger partial charge is 0.228 e. The molecule has 0 N–H and O–H groups in total. The molecule has 0 aromatic carbocycles. The summed E-state index contributed by atoms with van der Waals surface area (Å²) >= 11 is 1.43. The molecule has 0 unspecified atom stereocenters. The van der Waals surface area contributed by atoms with Crippen LogP contribution in [0.4, 0.5) is 0 Å². The van der Waals surface area contributed by atoms with Crippen molar-refractivity contribution in [2.45, 2.75) is 6.92 Å². The van der Waals surface area contributed by atoms with Gasteiger partial charge in [-0.2, -0.15) is 0 Å². The third kappa shape index (κ3) is 6.30. The predicted molar refractivity (Wildman–Crippen MR) is 37.8 cm³/mol. The SMILES string of the molecule is CCSCS(C)(=O)=O. The van der Waals surface area contributed by atoms with Gasteiger partial charge in [-0.3, -0.25) is 0 Å². The highest BCUT2D eigenvalue weighted by atomic mass is 32.3. The van der Waals surface area contributed by atoms with Crippen LogP contribution in [0.5, 0.6) is 0 Å². The number of rotatable bonds is 3. The topological polar surface area (TPSA) is 34.1 Å². The molecule has 4 heteroatoms. The van der Waals surface area contributed by atoms with Gasteiger partial charge in [0, 0.05) is 6.26 Å². The van der Waals surface area contributed by atoms with E-state index in [2.05, 4.69) is 0 Å². The molecule has 0 heterocycles. The average Bonchev–Trinajstić information content (AvgIpc) is 1.59. The maximum absolute atomic E-state index is 10.4. The summed E-state index contributed by atoms with van der Waals surface area (Å²) in [5.74, 6) is 0.868. The first-order valence-corrected chi connectivity index (χ1v) is 5.53. The van der Waals surface area contributed by atoms with Gasteiger partial charge in [-0.25, -0.2) is 8.42 Å². The average molecular weight is 154 g/mol. The monoisotopic (exact) mass is 154 g/mol. The molecule has 0 radical (unpaired) electrons. The summed E-state index contributed by atoms with van der Waals surface area (Å²) < 4.78 is 20.7. The van der Waals surface area contributed by atoms with Gasteiger partial charge in [0.25, 0.3) is 0 Å². The van der Waals surface area contributed by atoms with Crippen molar-refractivity contribution in [3.8, 4) is 0 Å². The number of sulfone groups is 1. The Balaban J connectivity index is 3.42. The zero-order valence-corrected chi connectivity index (χ0v) is 6.68. The van der Waals surface area contributed by atoms with Crippen LogP contribution in [-0.2, 0) is 9.84 Å². The van der Waals surface area contributed by atoms with E-state index in [9.17, 15) is 8.42 Å². The summed E-state index contributed by atoms with van der Waals surface area (Å²) in [6, 6.07) is 0. The van der Waals surface area contributed by atoms with Gasteiger partial charge >= 0.3 is 0 Å². The van der Waals surface area contributed by atoms with Gasteiger partial charge in [-0.15, -0.1) is 11.8 Å². The van der Waals surface area contributed by atoms with Gasteiger partial charge in [0.05, 0.1) is 5.08 Å². The van der Waals surface area contributed by atoms with E-state index >= 15 is 0 Å². The normalized spacial score (nSPS) is 11.8. The molecule has 2 nitrogen and oxygen atoms in total. The van der Waals surface area contributed by atoms with Crippen LogP contribution in [0.15, 0.2) is 0 Å². The molecule has 0 bridgehead atoms. The minimum Gasteiger partial charge on any atom is -0.228 e. The summed E-state index contributed by atoms with van der Waals surface area (Å²) in [6.07, 6.45) is 1.25. The molecule has 0 aliphatic carbocycles. The van der Waals surface area contributed by atoms with Crippen LogP contribution in [-0.4, -0.2) is 25.5 Å². The molecule has 0 aromatic rings. The molecular weight excluding hydrogens is 144 g/mol. The molecule has 0 aliphatic rings. The first-order chi connectivity index (χ1) is 3.56. The highest BCUT2D eigenvalue weighted by molar-refractivity contribution is 8.12. The first kappa shape index (κ1) is 8.30. The van der Waals surface area contributed by atoms with E-state index in [-0.39, 0.29) is 5.08 Å². The predicted octanol–water partition coefficient (Wildman–Crippen LogP) is 0.742. The van der Waals surface area contributed by atoms with E-state index in [0.717, 1.165) is 5.75 Å². The van der Waals surface area contributed by atoms with Gasteiger partial charge in [-0.1, -0.05) is 6.92 Å². The second kappa shape index (κ2) is 3.35. The van der Waals surface area contributed by atoms with Gasteiger partial charge < -0.3 is 0 Å². The van der Waals surface area contributed by atoms with Crippen LogP contribution >= 0.6 is 11.8 Å². The maximum Gasteiger partial charge on any atom is 0.156 e. The molecule has 0 aromatic heterocycles. The smallest absolute Gasteiger partial charge is 0.156 e. The summed E-state index contributed by atoms with van der Waals surface area (Å²) in [7, 11) is -2.72. The molecule has 50 valence electrons. The fourth-order valence-corrected chi connectivity index (χ4v) is 2.11. The number of thioether (sulfide) groups is 1. The Morgan fingerprint density at radius 3 is 2.12 bits per heavy atom. The standard InChI is InChI=1S/C4H10O2S2/c1-3-7-4-8(2,5)6/h3-4H2,1-2H3. The van der Waals surface area contributed by atoms with Crippen molar-refractivity contribution in [1.82, 2.24) is 0 Å². The van der Waals surface area contributed by atoms with Crippen LogP contribution in [0.25, 0.3) is 0 Å². The molecule has 0 saturated heterocycles. The third-order valence-electron chi connectivity index (χ3n) is 0.502. The molecule has 0 fully saturated rings. The van der Waals surface area contributed by atoms with Crippen molar-refractivity contribution in [2.24, 2.45) is 0 Å². The Kier molecular flexibility index (Phi) is 3.48.